The summed E-state index contributed by atoms with van der Waals surface area (Å²) in [5.74, 6) is 1.54. The Morgan fingerprint density at radius 2 is 2.12 bits per heavy atom. The summed E-state index contributed by atoms with van der Waals surface area (Å²) in [6.45, 7) is 3.95. The van der Waals surface area contributed by atoms with Crippen LogP contribution in [0.1, 0.15) is 55.1 Å². The van der Waals surface area contributed by atoms with Gasteiger partial charge in [0.2, 0.25) is 0 Å². The van der Waals surface area contributed by atoms with Crippen molar-refractivity contribution in [2.75, 3.05) is 13.7 Å². The zero-order chi connectivity index (χ0) is 23.7. The van der Waals surface area contributed by atoms with Crippen molar-refractivity contribution in [3.63, 3.8) is 0 Å². The average molecular weight is 478 g/mol. The van der Waals surface area contributed by atoms with E-state index in [2.05, 4.69) is 16.6 Å². The van der Waals surface area contributed by atoms with E-state index in [1.165, 1.54) is 16.5 Å². The van der Waals surface area contributed by atoms with Gasteiger partial charge in [-0.05, 0) is 69.3 Å². The van der Waals surface area contributed by atoms with Crippen molar-refractivity contribution in [3.05, 3.63) is 50.4 Å². The van der Waals surface area contributed by atoms with Crippen LogP contribution in [0.2, 0.25) is 0 Å². The lowest BCUT2D eigenvalue weighted by Gasteiger charge is -2.24. The normalized spacial score (nSPS) is 16.9. The van der Waals surface area contributed by atoms with Crippen molar-refractivity contribution in [2.24, 2.45) is 5.92 Å². The molecule has 2 aromatic heterocycles. The van der Waals surface area contributed by atoms with Crippen LogP contribution in [0.5, 0.6) is 11.5 Å². The molecule has 0 bridgehead atoms. The number of rotatable bonds is 8. The molecule has 0 aliphatic heterocycles. The van der Waals surface area contributed by atoms with E-state index in [-0.39, 0.29) is 23.1 Å². The molecule has 2 unspecified atom stereocenters. The third-order valence-electron chi connectivity index (χ3n) is 6.20. The van der Waals surface area contributed by atoms with Crippen LogP contribution >= 0.6 is 11.3 Å². The SMILES string of the molecule is CCOc1cc(CN(C)C(C)c2nc3sc4c(c3c(=O)[nH]2)CCC(C)C4)ccc1OC(F)F. The summed E-state index contributed by atoms with van der Waals surface area (Å²) in [7, 11) is 1.93. The Bertz CT molecular complexity index is 1190. The number of aromatic amines is 1. The highest BCUT2D eigenvalue weighted by Gasteiger charge is 2.24. The molecule has 0 saturated heterocycles. The molecule has 6 nitrogen and oxygen atoms in total. The minimum absolute atomic E-state index is 0.0127. The highest BCUT2D eigenvalue weighted by atomic mass is 32.1. The topological polar surface area (TPSA) is 67.5 Å². The molecule has 2 heterocycles. The quantitative estimate of drug-likeness (QED) is 0.477. The van der Waals surface area contributed by atoms with Crippen molar-refractivity contribution >= 4 is 21.6 Å². The first-order chi connectivity index (χ1) is 15.8. The molecular formula is C24H29F2N3O3S. The van der Waals surface area contributed by atoms with Gasteiger partial charge in [0.05, 0.1) is 18.0 Å². The Kier molecular flexibility index (Phi) is 6.99. The first-order valence-corrected chi connectivity index (χ1v) is 12.0. The van der Waals surface area contributed by atoms with Crippen LogP contribution in [0.25, 0.3) is 10.2 Å². The van der Waals surface area contributed by atoms with Gasteiger partial charge in [-0.3, -0.25) is 9.69 Å². The van der Waals surface area contributed by atoms with Crippen LogP contribution in [0.4, 0.5) is 8.78 Å². The molecule has 9 heteroatoms. The summed E-state index contributed by atoms with van der Waals surface area (Å²) in [6, 6.07) is 4.77. The van der Waals surface area contributed by atoms with E-state index in [4.69, 9.17) is 9.72 Å². The molecule has 33 heavy (non-hydrogen) atoms. The third kappa shape index (κ3) is 5.04. The van der Waals surface area contributed by atoms with Crippen LogP contribution in [0.3, 0.4) is 0 Å². The van der Waals surface area contributed by atoms with E-state index in [0.717, 1.165) is 35.0 Å². The molecule has 1 N–H and O–H groups in total. The van der Waals surface area contributed by atoms with Gasteiger partial charge in [0, 0.05) is 11.4 Å². The number of thiophene rings is 1. The maximum Gasteiger partial charge on any atom is 0.387 e. The molecule has 1 aliphatic carbocycles. The van der Waals surface area contributed by atoms with Crippen LogP contribution in [-0.2, 0) is 19.4 Å². The molecule has 2 atom stereocenters. The van der Waals surface area contributed by atoms with Crippen LogP contribution in [-0.4, -0.2) is 35.1 Å². The monoisotopic (exact) mass is 477 g/mol. The molecule has 0 amide bonds. The van der Waals surface area contributed by atoms with Gasteiger partial charge in [0.15, 0.2) is 11.5 Å². The van der Waals surface area contributed by atoms with Gasteiger partial charge in [-0.15, -0.1) is 11.3 Å². The van der Waals surface area contributed by atoms with E-state index in [9.17, 15) is 13.6 Å². The Hall–Kier alpha value is -2.52. The Morgan fingerprint density at radius 3 is 2.85 bits per heavy atom. The fourth-order valence-corrected chi connectivity index (χ4v) is 5.70. The summed E-state index contributed by atoms with van der Waals surface area (Å²) in [5, 5.41) is 0.747. The number of ether oxygens (including phenoxy) is 2. The second-order valence-corrected chi connectivity index (χ2v) is 9.75. The van der Waals surface area contributed by atoms with Crippen molar-refractivity contribution < 1.29 is 18.3 Å². The van der Waals surface area contributed by atoms with Gasteiger partial charge in [-0.1, -0.05) is 13.0 Å². The zero-order valence-corrected chi connectivity index (χ0v) is 20.1. The number of aromatic nitrogens is 2. The maximum atomic E-state index is 12.9. The predicted octanol–water partition coefficient (Wildman–Crippen LogP) is 5.30. The molecule has 178 valence electrons. The first kappa shape index (κ1) is 23.6. The van der Waals surface area contributed by atoms with Crippen molar-refractivity contribution in [2.45, 2.75) is 59.2 Å². The fourth-order valence-electron chi connectivity index (χ4n) is 4.31. The van der Waals surface area contributed by atoms with Crippen molar-refractivity contribution in [1.82, 2.24) is 14.9 Å². The molecular weight excluding hydrogens is 448 g/mol. The summed E-state index contributed by atoms with van der Waals surface area (Å²) in [4.78, 5) is 24.9. The number of alkyl halides is 2. The molecule has 0 saturated carbocycles. The smallest absolute Gasteiger partial charge is 0.387 e. The van der Waals surface area contributed by atoms with Gasteiger partial charge < -0.3 is 14.5 Å². The number of benzene rings is 1. The number of halogens is 2. The van der Waals surface area contributed by atoms with Gasteiger partial charge in [0.1, 0.15) is 10.7 Å². The van der Waals surface area contributed by atoms with E-state index in [1.807, 2.05) is 18.9 Å². The second-order valence-electron chi connectivity index (χ2n) is 8.67. The molecule has 3 aromatic rings. The van der Waals surface area contributed by atoms with Crippen molar-refractivity contribution in [1.29, 1.82) is 0 Å². The Morgan fingerprint density at radius 1 is 1.33 bits per heavy atom. The summed E-state index contributed by atoms with van der Waals surface area (Å²) in [6.07, 6.45) is 3.04. The lowest BCUT2D eigenvalue weighted by Crippen LogP contribution is -2.26. The van der Waals surface area contributed by atoms with E-state index in [1.54, 1.807) is 30.4 Å². The molecule has 0 spiro atoms. The van der Waals surface area contributed by atoms with E-state index >= 15 is 0 Å². The highest BCUT2D eigenvalue weighted by Crippen LogP contribution is 2.36. The first-order valence-electron chi connectivity index (χ1n) is 11.2. The number of nitrogens with zero attached hydrogens (tertiary/aromatic N) is 2. The largest absolute Gasteiger partial charge is 0.490 e. The van der Waals surface area contributed by atoms with Crippen LogP contribution in [0, 0.1) is 5.92 Å². The minimum atomic E-state index is -2.92. The number of fused-ring (bicyclic) bond motifs is 3. The number of hydrogen-bond donors (Lipinski definition) is 1. The van der Waals surface area contributed by atoms with Gasteiger partial charge in [-0.25, -0.2) is 4.98 Å². The molecule has 1 aliphatic rings. The van der Waals surface area contributed by atoms with Crippen LogP contribution in [0.15, 0.2) is 23.0 Å². The summed E-state index contributed by atoms with van der Waals surface area (Å²) < 4.78 is 35.4. The zero-order valence-electron chi connectivity index (χ0n) is 19.3. The summed E-state index contributed by atoms with van der Waals surface area (Å²) >= 11 is 1.64. The Balaban J connectivity index is 1.56. The lowest BCUT2D eigenvalue weighted by atomic mass is 9.89. The molecule has 1 aromatic carbocycles. The fraction of sp³-hybridized carbons (Fsp3) is 0.500. The Labute approximate surface area is 195 Å². The number of aryl methyl sites for hydroxylation is 1. The van der Waals surface area contributed by atoms with E-state index < -0.39 is 6.61 Å². The molecule has 0 radical (unpaired) electrons. The van der Waals surface area contributed by atoms with Gasteiger partial charge in [0.25, 0.3) is 5.56 Å². The number of H-pyrrole nitrogens is 1. The maximum absolute atomic E-state index is 12.9. The highest BCUT2D eigenvalue weighted by molar-refractivity contribution is 7.18. The standard InChI is InChI=1S/C24H29F2N3O3S/c1-5-31-18-11-15(7-9-17(18)32-24(25)26)12-29(4)14(3)21-27-22(30)20-16-8-6-13(2)10-19(16)33-23(20)28-21/h7,9,11,13-14,24H,5-6,8,10,12H2,1-4H3,(H,27,28,30). The molecule has 0 fully saturated rings. The molecule has 4 rings (SSSR count). The number of nitrogens with one attached hydrogen (secondary N) is 1. The average Bonchev–Trinajstić information content (AvgIpc) is 3.12. The lowest BCUT2D eigenvalue weighted by molar-refractivity contribution is -0.0514. The van der Waals surface area contributed by atoms with Gasteiger partial charge >= 0.3 is 6.61 Å². The van der Waals surface area contributed by atoms with Crippen molar-refractivity contribution in [3.8, 4) is 11.5 Å². The summed E-state index contributed by atoms with van der Waals surface area (Å²) in [5.41, 5.74) is 1.97. The number of hydrogen-bond acceptors (Lipinski definition) is 6. The van der Waals surface area contributed by atoms with Gasteiger partial charge in [-0.2, -0.15) is 8.78 Å². The predicted molar refractivity (Wildman–Crippen MR) is 126 cm³/mol. The van der Waals surface area contributed by atoms with E-state index in [0.29, 0.717) is 24.9 Å². The minimum Gasteiger partial charge on any atom is -0.490 e. The van der Waals surface area contributed by atoms with Crippen LogP contribution < -0.4 is 15.0 Å². The third-order valence-corrected chi connectivity index (χ3v) is 7.34. The second kappa shape index (κ2) is 9.77.